The van der Waals surface area contributed by atoms with Gasteiger partial charge in [0.05, 0.1) is 18.9 Å². The molecule has 2 amide bonds. The standard InChI is InChI=1S/C13H19BrN2O3/c1-10-3-4-11(14)12(9-10)16-13(18)15-5-2-7-19-8-6-17/h3-4,9,17H,2,5-8H2,1H3,(H2,15,16,18). The molecule has 0 fully saturated rings. The summed E-state index contributed by atoms with van der Waals surface area (Å²) in [5, 5.41) is 14.0. The quantitative estimate of drug-likeness (QED) is 0.672. The number of anilines is 1. The van der Waals surface area contributed by atoms with Gasteiger partial charge in [-0.15, -0.1) is 0 Å². The van der Waals surface area contributed by atoms with Crippen molar-refractivity contribution in [1.29, 1.82) is 0 Å². The van der Waals surface area contributed by atoms with Crippen LogP contribution in [0.3, 0.4) is 0 Å². The zero-order chi connectivity index (χ0) is 14.1. The summed E-state index contributed by atoms with van der Waals surface area (Å²) >= 11 is 3.38. The molecule has 106 valence electrons. The summed E-state index contributed by atoms with van der Waals surface area (Å²) in [6, 6.07) is 5.52. The minimum absolute atomic E-state index is 0.0231. The van der Waals surface area contributed by atoms with Crippen molar-refractivity contribution in [2.75, 3.05) is 31.7 Å². The number of hydrogen-bond acceptors (Lipinski definition) is 3. The van der Waals surface area contributed by atoms with Crippen LogP contribution in [-0.4, -0.2) is 37.5 Å². The van der Waals surface area contributed by atoms with Gasteiger partial charge in [-0.2, -0.15) is 0 Å². The van der Waals surface area contributed by atoms with Crippen LogP contribution in [0.5, 0.6) is 0 Å². The Kier molecular flexibility index (Phi) is 7.47. The molecular formula is C13H19BrN2O3. The molecule has 19 heavy (non-hydrogen) atoms. The third-order valence-electron chi connectivity index (χ3n) is 2.36. The van der Waals surface area contributed by atoms with Crippen molar-refractivity contribution in [2.24, 2.45) is 0 Å². The van der Waals surface area contributed by atoms with Crippen molar-refractivity contribution in [1.82, 2.24) is 5.32 Å². The molecule has 1 aromatic rings. The number of ether oxygens (including phenoxy) is 1. The van der Waals surface area contributed by atoms with Crippen LogP contribution in [0.1, 0.15) is 12.0 Å². The second-order valence-corrected chi connectivity index (χ2v) is 4.91. The summed E-state index contributed by atoms with van der Waals surface area (Å²) in [6.45, 7) is 3.38. The molecule has 0 saturated carbocycles. The molecule has 0 radical (unpaired) electrons. The van der Waals surface area contributed by atoms with E-state index in [1.807, 2.05) is 25.1 Å². The van der Waals surface area contributed by atoms with E-state index in [1.54, 1.807) is 0 Å². The minimum atomic E-state index is -0.242. The summed E-state index contributed by atoms with van der Waals surface area (Å²) < 4.78 is 5.94. The molecule has 3 N–H and O–H groups in total. The first-order valence-corrected chi connectivity index (χ1v) is 6.92. The van der Waals surface area contributed by atoms with Crippen LogP contribution in [0.2, 0.25) is 0 Å². The minimum Gasteiger partial charge on any atom is -0.394 e. The molecule has 0 saturated heterocycles. The number of aryl methyl sites for hydroxylation is 1. The number of aliphatic hydroxyl groups is 1. The van der Waals surface area contributed by atoms with E-state index in [4.69, 9.17) is 9.84 Å². The van der Waals surface area contributed by atoms with Crippen LogP contribution in [0, 0.1) is 6.92 Å². The lowest BCUT2D eigenvalue weighted by atomic mass is 10.2. The maximum absolute atomic E-state index is 11.6. The van der Waals surface area contributed by atoms with Crippen molar-refractivity contribution in [3.05, 3.63) is 28.2 Å². The third kappa shape index (κ3) is 6.56. The lowest BCUT2D eigenvalue weighted by Gasteiger charge is -2.10. The van der Waals surface area contributed by atoms with Gasteiger partial charge in [0, 0.05) is 17.6 Å². The second kappa shape index (κ2) is 8.90. The highest BCUT2D eigenvalue weighted by molar-refractivity contribution is 9.10. The van der Waals surface area contributed by atoms with E-state index in [2.05, 4.69) is 26.6 Å². The van der Waals surface area contributed by atoms with Crippen molar-refractivity contribution in [3.63, 3.8) is 0 Å². The van der Waals surface area contributed by atoms with Gasteiger partial charge in [-0.05, 0) is 47.0 Å². The van der Waals surface area contributed by atoms with E-state index in [-0.39, 0.29) is 12.6 Å². The number of rotatable bonds is 7. The first-order chi connectivity index (χ1) is 9.13. The zero-order valence-electron chi connectivity index (χ0n) is 10.9. The Morgan fingerprint density at radius 1 is 1.42 bits per heavy atom. The van der Waals surface area contributed by atoms with E-state index < -0.39 is 0 Å². The van der Waals surface area contributed by atoms with Crippen LogP contribution < -0.4 is 10.6 Å². The maximum Gasteiger partial charge on any atom is 0.319 e. The molecule has 0 aromatic heterocycles. The summed E-state index contributed by atoms with van der Waals surface area (Å²) in [5.41, 5.74) is 1.82. The van der Waals surface area contributed by atoms with Gasteiger partial charge in [0.15, 0.2) is 0 Å². The predicted molar refractivity (Wildman–Crippen MR) is 78.4 cm³/mol. The molecule has 0 aliphatic rings. The van der Waals surface area contributed by atoms with Crippen molar-refractivity contribution < 1.29 is 14.6 Å². The highest BCUT2D eigenvalue weighted by atomic mass is 79.9. The Morgan fingerprint density at radius 2 is 2.21 bits per heavy atom. The fourth-order valence-corrected chi connectivity index (χ4v) is 1.79. The molecule has 0 unspecified atom stereocenters. The van der Waals surface area contributed by atoms with E-state index >= 15 is 0 Å². The highest BCUT2D eigenvalue weighted by Gasteiger charge is 2.04. The number of halogens is 1. The topological polar surface area (TPSA) is 70.6 Å². The number of carbonyl (C=O) groups excluding carboxylic acids is 1. The van der Waals surface area contributed by atoms with Gasteiger partial charge < -0.3 is 20.5 Å². The van der Waals surface area contributed by atoms with E-state index in [9.17, 15) is 4.79 Å². The third-order valence-corrected chi connectivity index (χ3v) is 3.05. The van der Waals surface area contributed by atoms with Gasteiger partial charge >= 0.3 is 6.03 Å². The van der Waals surface area contributed by atoms with Crippen LogP contribution in [0.4, 0.5) is 10.5 Å². The van der Waals surface area contributed by atoms with Crippen LogP contribution >= 0.6 is 15.9 Å². The molecule has 0 atom stereocenters. The maximum atomic E-state index is 11.6. The summed E-state index contributed by atoms with van der Waals surface area (Å²) in [7, 11) is 0. The van der Waals surface area contributed by atoms with Crippen LogP contribution in [-0.2, 0) is 4.74 Å². The molecule has 0 spiro atoms. The SMILES string of the molecule is Cc1ccc(Br)c(NC(=O)NCCCOCCO)c1. The van der Waals surface area contributed by atoms with E-state index in [0.29, 0.717) is 26.2 Å². The number of hydrogen-bond donors (Lipinski definition) is 3. The first kappa shape index (κ1) is 15.9. The van der Waals surface area contributed by atoms with Crippen molar-refractivity contribution >= 4 is 27.6 Å². The molecule has 1 aromatic carbocycles. The molecule has 1 rings (SSSR count). The fraction of sp³-hybridized carbons (Fsp3) is 0.462. The molecule has 0 heterocycles. The number of benzene rings is 1. The summed E-state index contributed by atoms with van der Waals surface area (Å²) in [4.78, 5) is 11.6. The van der Waals surface area contributed by atoms with Crippen LogP contribution in [0.15, 0.2) is 22.7 Å². The Balaban J connectivity index is 2.25. The van der Waals surface area contributed by atoms with Crippen molar-refractivity contribution in [3.8, 4) is 0 Å². The molecule has 0 bridgehead atoms. The molecule has 6 heteroatoms. The van der Waals surface area contributed by atoms with Gasteiger partial charge in [-0.3, -0.25) is 0 Å². The van der Waals surface area contributed by atoms with Crippen LogP contribution in [0.25, 0.3) is 0 Å². The molecule has 0 aliphatic carbocycles. The van der Waals surface area contributed by atoms with Gasteiger partial charge in [0.25, 0.3) is 0 Å². The largest absolute Gasteiger partial charge is 0.394 e. The Morgan fingerprint density at radius 3 is 2.95 bits per heavy atom. The first-order valence-electron chi connectivity index (χ1n) is 6.13. The average Bonchev–Trinajstić information content (AvgIpc) is 2.38. The molecule has 0 aliphatic heterocycles. The smallest absolute Gasteiger partial charge is 0.319 e. The number of amides is 2. The van der Waals surface area contributed by atoms with Crippen molar-refractivity contribution in [2.45, 2.75) is 13.3 Å². The Hall–Kier alpha value is -1.11. The van der Waals surface area contributed by atoms with Gasteiger partial charge in [0.2, 0.25) is 0 Å². The molecular weight excluding hydrogens is 312 g/mol. The Bertz CT molecular complexity index is 413. The normalized spacial score (nSPS) is 10.3. The second-order valence-electron chi connectivity index (χ2n) is 4.05. The monoisotopic (exact) mass is 330 g/mol. The summed E-state index contributed by atoms with van der Waals surface area (Å²) in [6.07, 6.45) is 0.711. The zero-order valence-corrected chi connectivity index (χ0v) is 12.5. The molecule has 5 nitrogen and oxygen atoms in total. The number of carbonyl (C=O) groups is 1. The number of nitrogens with one attached hydrogen (secondary N) is 2. The number of aliphatic hydroxyl groups excluding tert-OH is 1. The Labute approximate surface area is 121 Å². The predicted octanol–water partition coefficient (Wildman–Crippen LogP) is 2.28. The van der Waals surface area contributed by atoms with E-state index in [1.165, 1.54) is 0 Å². The van der Waals surface area contributed by atoms with E-state index in [0.717, 1.165) is 15.7 Å². The van der Waals surface area contributed by atoms with Gasteiger partial charge in [-0.1, -0.05) is 6.07 Å². The summed E-state index contributed by atoms with van der Waals surface area (Å²) in [5.74, 6) is 0. The van der Waals surface area contributed by atoms with Gasteiger partial charge in [0.1, 0.15) is 0 Å². The lowest BCUT2D eigenvalue weighted by molar-refractivity contribution is 0.0910. The van der Waals surface area contributed by atoms with Gasteiger partial charge in [-0.25, -0.2) is 4.79 Å². The lowest BCUT2D eigenvalue weighted by Crippen LogP contribution is -2.30. The number of urea groups is 1. The fourth-order valence-electron chi connectivity index (χ4n) is 1.44. The average molecular weight is 331 g/mol. The highest BCUT2D eigenvalue weighted by Crippen LogP contribution is 2.23.